The molecule has 0 amide bonds. The van der Waals surface area contributed by atoms with Gasteiger partial charge in [-0.3, -0.25) is 0 Å². The van der Waals surface area contributed by atoms with Crippen LogP contribution in [0.25, 0.3) is 0 Å². The second-order valence-corrected chi connectivity index (χ2v) is 6.13. The van der Waals surface area contributed by atoms with Crippen LogP contribution in [0.2, 0.25) is 0 Å². The van der Waals surface area contributed by atoms with Gasteiger partial charge in [0.2, 0.25) is 0 Å². The van der Waals surface area contributed by atoms with E-state index in [0.717, 1.165) is 41.6 Å². The molecule has 2 heterocycles. The van der Waals surface area contributed by atoms with E-state index in [1.54, 1.807) is 18.4 Å². The first-order chi connectivity index (χ1) is 10.3. The van der Waals surface area contributed by atoms with Gasteiger partial charge in [-0.2, -0.15) is 0 Å². The molecule has 1 aromatic heterocycles. The van der Waals surface area contributed by atoms with E-state index >= 15 is 0 Å². The Morgan fingerprint density at radius 1 is 1.48 bits per heavy atom. The van der Waals surface area contributed by atoms with Crippen LogP contribution in [0.4, 0.5) is 5.69 Å². The Balaban J connectivity index is 1.66. The Morgan fingerprint density at radius 2 is 2.38 bits per heavy atom. The maximum absolute atomic E-state index is 5.67. The van der Waals surface area contributed by atoms with Crippen LogP contribution in [-0.4, -0.2) is 18.7 Å². The first-order valence-corrected chi connectivity index (χ1v) is 8.08. The fraction of sp³-hybridized carbons (Fsp3) is 0.438. The summed E-state index contributed by atoms with van der Waals surface area (Å²) in [7, 11) is 1.69. The summed E-state index contributed by atoms with van der Waals surface area (Å²) >= 11 is 1.69. The maximum Gasteiger partial charge on any atom is 0.141 e. The van der Waals surface area contributed by atoms with Crippen molar-refractivity contribution < 1.29 is 9.47 Å². The molecular formula is C16H20N2O2S. The number of aryl methyl sites for hydroxylation is 1. The minimum atomic E-state index is 0.206. The van der Waals surface area contributed by atoms with Crippen LogP contribution in [-0.2, 0) is 11.3 Å². The minimum Gasteiger partial charge on any atom is -0.495 e. The number of hydrogen-bond acceptors (Lipinski definition) is 5. The highest BCUT2D eigenvalue weighted by Crippen LogP contribution is 2.31. The van der Waals surface area contributed by atoms with Gasteiger partial charge in [-0.15, -0.1) is 11.3 Å². The second kappa shape index (κ2) is 6.45. The van der Waals surface area contributed by atoms with Crippen LogP contribution in [0.1, 0.15) is 35.2 Å². The van der Waals surface area contributed by atoms with Gasteiger partial charge in [-0.05, 0) is 37.5 Å². The number of benzene rings is 1. The average molecular weight is 304 g/mol. The number of nitrogens with zero attached hydrogens (tertiary/aromatic N) is 1. The minimum absolute atomic E-state index is 0.206. The number of rotatable bonds is 5. The van der Waals surface area contributed by atoms with Gasteiger partial charge in [-0.25, -0.2) is 4.98 Å². The highest BCUT2D eigenvalue weighted by atomic mass is 32.1. The molecule has 0 saturated carbocycles. The topological polar surface area (TPSA) is 43.4 Å². The van der Waals surface area contributed by atoms with E-state index in [2.05, 4.69) is 28.7 Å². The zero-order valence-corrected chi connectivity index (χ0v) is 13.2. The molecule has 21 heavy (non-hydrogen) atoms. The molecule has 1 saturated heterocycles. The molecule has 1 aromatic carbocycles. The van der Waals surface area contributed by atoms with E-state index in [1.165, 1.54) is 5.56 Å². The molecule has 0 radical (unpaired) electrons. The molecule has 0 bridgehead atoms. The summed E-state index contributed by atoms with van der Waals surface area (Å²) in [6.07, 6.45) is 2.43. The van der Waals surface area contributed by atoms with Crippen LogP contribution in [0, 0.1) is 6.92 Å². The van der Waals surface area contributed by atoms with Gasteiger partial charge >= 0.3 is 0 Å². The zero-order chi connectivity index (χ0) is 14.7. The molecule has 2 aromatic rings. The van der Waals surface area contributed by atoms with Crippen molar-refractivity contribution in [1.82, 2.24) is 4.98 Å². The van der Waals surface area contributed by atoms with Crippen molar-refractivity contribution in [2.45, 2.75) is 32.4 Å². The second-order valence-electron chi connectivity index (χ2n) is 5.24. The van der Waals surface area contributed by atoms with E-state index in [9.17, 15) is 0 Å². The van der Waals surface area contributed by atoms with E-state index in [-0.39, 0.29) is 6.10 Å². The maximum atomic E-state index is 5.67. The molecule has 112 valence electrons. The number of aromatic nitrogens is 1. The van der Waals surface area contributed by atoms with Crippen molar-refractivity contribution in [3.05, 3.63) is 39.8 Å². The van der Waals surface area contributed by atoms with Crippen LogP contribution in [0.3, 0.4) is 0 Å². The van der Waals surface area contributed by atoms with Gasteiger partial charge in [0.15, 0.2) is 0 Å². The largest absolute Gasteiger partial charge is 0.495 e. The van der Waals surface area contributed by atoms with E-state index in [0.29, 0.717) is 6.54 Å². The number of hydrogen-bond donors (Lipinski definition) is 1. The summed E-state index contributed by atoms with van der Waals surface area (Å²) in [6, 6.07) is 6.12. The molecule has 1 N–H and O–H groups in total. The van der Waals surface area contributed by atoms with Gasteiger partial charge in [-0.1, -0.05) is 6.07 Å². The Hall–Kier alpha value is -1.59. The van der Waals surface area contributed by atoms with Gasteiger partial charge in [0.05, 0.1) is 25.0 Å². The van der Waals surface area contributed by atoms with Crippen LogP contribution < -0.4 is 10.1 Å². The van der Waals surface area contributed by atoms with Gasteiger partial charge < -0.3 is 14.8 Å². The fourth-order valence-electron chi connectivity index (χ4n) is 2.47. The van der Waals surface area contributed by atoms with Crippen LogP contribution in [0.5, 0.6) is 5.75 Å². The molecule has 3 rings (SSSR count). The molecule has 0 spiro atoms. The lowest BCUT2D eigenvalue weighted by atomic mass is 10.2. The van der Waals surface area contributed by atoms with E-state index in [1.807, 2.05) is 12.1 Å². The first-order valence-electron chi connectivity index (χ1n) is 7.20. The lowest BCUT2D eigenvalue weighted by Gasteiger charge is -2.11. The number of methoxy groups -OCH3 is 1. The number of ether oxygens (including phenoxy) is 2. The SMILES string of the molecule is COc1ccc(C)cc1NCc1csc(C2CCCO2)n1. The summed E-state index contributed by atoms with van der Waals surface area (Å²) in [5.41, 5.74) is 3.26. The predicted octanol–water partition coefficient (Wildman–Crippen LogP) is 3.92. The lowest BCUT2D eigenvalue weighted by Crippen LogP contribution is -2.03. The summed E-state index contributed by atoms with van der Waals surface area (Å²) < 4.78 is 11.0. The van der Waals surface area contributed by atoms with E-state index < -0.39 is 0 Å². The Labute approximate surface area is 129 Å². The predicted molar refractivity (Wildman–Crippen MR) is 85.1 cm³/mol. The van der Waals surface area contributed by atoms with E-state index in [4.69, 9.17) is 9.47 Å². The Bertz CT molecular complexity index is 606. The molecule has 1 unspecified atom stereocenters. The quantitative estimate of drug-likeness (QED) is 0.909. The molecule has 4 nitrogen and oxygen atoms in total. The highest BCUT2D eigenvalue weighted by molar-refractivity contribution is 7.09. The standard InChI is InChI=1S/C16H20N2O2S/c1-11-5-6-14(19-2)13(8-11)17-9-12-10-21-16(18-12)15-4-3-7-20-15/h5-6,8,10,15,17H,3-4,7,9H2,1-2H3. The third kappa shape index (κ3) is 3.36. The smallest absolute Gasteiger partial charge is 0.141 e. The van der Waals surface area contributed by atoms with Gasteiger partial charge in [0, 0.05) is 12.0 Å². The van der Waals surface area contributed by atoms with Gasteiger partial charge in [0.25, 0.3) is 0 Å². The summed E-state index contributed by atoms with van der Waals surface area (Å²) in [6.45, 7) is 3.63. The van der Waals surface area contributed by atoms with Gasteiger partial charge in [0.1, 0.15) is 16.9 Å². The monoisotopic (exact) mass is 304 g/mol. The fourth-order valence-corrected chi connectivity index (χ4v) is 3.37. The third-order valence-corrected chi connectivity index (χ3v) is 4.58. The van der Waals surface area contributed by atoms with Crippen molar-refractivity contribution in [3.63, 3.8) is 0 Å². The Kier molecular flexibility index (Phi) is 4.41. The summed E-state index contributed by atoms with van der Waals surface area (Å²) in [5, 5.41) is 6.60. The van der Waals surface area contributed by atoms with Crippen molar-refractivity contribution in [2.24, 2.45) is 0 Å². The first kappa shape index (κ1) is 14.4. The van der Waals surface area contributed by atoms with Crippen LogP contribution >= 0.6 is 11.3 Å². The molecule has 1 atom stereocenters. The molecule has 1 aliphatic rings. The summed E-state index contributed by atoms with van der Waals surface area (Å²) in [5.74, 6) is 0.857. The average Bonchev–Trinajstić information content (AvgIpc) is 3.16. The number of anilines is 1. The molecule has 1 aliphatic heterocycles. The molecule has 5 heteroatoms. The molecule has 1 fully saturated rings. The van der Waals surface area contributed by atoms with Crippen molar-refractivity contribution >= 4 is 17.0 Å². The van der Waals surface area contributed by atoms with Crippen molar-refractivity contribution in [2.75, 3.05) is 19.0 Å². The van der Waals surface area contributed by atoms with Crippen LogP contribution in [0.15, 0.2) is 23.6 Å². The van der Waals surface area contributed by atoms with Crippen molar-refractivity contribution in [3.8, 4) is 5.75 Å². The molecular weight excluding hydrogens is 284 g/mol. The zero-order valence-electron chi connectivity index (χ0n) is 12.4. The molecule has 0 aliphatic carbocycles. The number of thiazole rings is 1. The lowest BCUT2D eigenvalue weighted by molar-refractivity contribution is 0.111. The van der Waals surface area contributed by atoms with Crippen molar-refractivity contribution in [1.29, 1.82) is 0 Å². The highest BCUT2D eigenvalue weighted by Gasteiger charge is 2.20. The normalized spacial score (nSPS) is 17.9. The number of nitrogens with one attached hydrogen (secondary N) is 1. The third-order valence-electron chi connectivity index (χ3n) is 3.59. The summed E-state index contributed by atoms with van der Waals surface area (Å²) in [4.78, 5) is 4.68. The Morgan fingerprint density at radius 3 is 3.14 bits per heavy atom.